The van der Waals surface area contributed by atoms with E-state index in [0.29, 0.717) is 10.2 Å². The van der Waals surface area contributed by atoms with Crippen LogP contribution in [-0.4, -0.2) is 10.9 Å². The molecule has 1 unspecified atom stereocenters. The summed E-state index contributed by atoms with van der Waals surface area (Å²) in [5.74, 6) is -0.0955. The monoisotopic (exact) mass is 346 g/mol. The summed E-state index contributed by atoms with van der Waals surface area (Å²) in [4.78, 5) is 16.5. The Balaban J connectivity index is 2.26. The minimum absolute atomic E-state index is 0.0573. The van der Waals surface area contributed by atoms with Crippen LogP contribution in [0.4, 0.5) is 0 Å². The van der Waals surface area contributed by atoms with Crippen molar-refractivity contribution in [3.63, 3.8) is 0 Å². The van der Waals surface area contributed by atoms with Gasteiger partial charge in [-0.05, 0) is 39.0 Å². The summed E-state index contributed by atoms with van der Waals surface area (Å²) in [6.45, 7) is 6.36. The number of nitrogens with zero attached hydrogens (tertiary/aromatic N) is 1. The third kappa shape index (κ3) is 4.14. The van der Waals surface area contributed by atoms with Crippen molar-refractivity contribution in [2.45, 2.75) is 26.8 Å². The van der Waals surface area contributed by atoms with E-state index in [1.807, 2.05) is 30.3 Å². The Morgan fingerprint density at radius 3 is 2.43 bits per heavy atom. The Morgan fingerprint density at radius 1 is 1.19 bits per heavy atom. The third-order valence-corrected chi connectivity index (χ3v) is 3.70. The number of carbonyl (C=O) groups excluding carboxylic acids is 1. The molecule has 110 valence electrons. The molecule has 1 aromatic carbocycles. The van der Waals surface area contributed by atoms with E-state index in [4.69, 9.17) is 0 Å². The number of pyridine rings is 1. The maximum atomic E-state index is 12.5. The predicted molar refractivity (Wildman–Crippen MR) is 88.0 cm³/mol. The molecule has 0 saturated carbocycles. The first-order valence-corrected chi connectivity index (χ1v) is 7.64. The lowest BCUT2D eigenvalue weighted by Gasteiger charge is -2.32. The van der Waals surface area contributed by atoms with E-state index in [9.17, 15) is 4.79 Å². The first-order chi connectivity index (χ1) is 9.88. The average Bonchev–Trinajstić information content (AvgIpc) is 2.44. The number of rotatable bonds is 3. The van der Waals surface area contributed by atoms with Gasteiger partial charge >= 0.3 is 0 Å². The summed E-state index contributed by atoms with van der Waals surface area (Å²) in [5, 5.41) is 3.13. The van der Waals surface area contributed by atoms with Gasteiger partial charge in [-0.1, -0.05) is 51.1 Å². The zero-order chi connectivity index (χ0) is 15.5. The van der Waals surface area contributed by atoms with E-state index in [0.717, 1.165) is 5.56 Å². The van der Waals surface area contributed by atoms with Crippen LogP contribution in [0.5, 0.6) is 0 Å². The van der Waals surface area contributed by atoms with Crippen LogP contribution in [0.25, 0.3) is 0 Å². The molecule has 1 amide bonds. The van der Waals surface area contributed by atoms with E-state index in [-0.39, 0.29) is 17.4 Å². The molecule has 0 aliphatic rings. The van der Waals surface area contributed by atoms with E-state index in [1.165, 1.54) is 0 Å². The van der Waals surface area contributed by atoms with E-state index >= 15 is 0 Å². The molecule has 1 aromatic heterocycles. The molecule has 0 saturated heterocycles. The van der Waals surface area contributed by atoms with Crippen molar-refractivity contribution in [1.29, 1.82) is 0 Å². The van der Waals surface area contributed by atoms with Gasteiger partial charge in [0.2, 0.25) is 0 Å². The molecule has 0 radical (unpaired) electrons. The predicted octanol–water partition coefficient (Wildman–Crippen LogP) is 4.36. The topological polar surface area (TPSA) is 42.0 Å². The van der Waals surface area contributed by atoms with Gasteiger partial charge in [-0.25, -0.2) is 4.98 Å². The van der Waals surface area contributed by atoms with Crippen LogP contribution in [0, 0.1) is 5.41 Å². The molecule has 4 heteroatoms. The molecule has 0 aliphatic heterocycles. The second kappa shape index (κ2) is 6.39. The number of benzene rings is 1. The molecule has 2 aromatic rings. The molecule has 1 N–H and O–H groups in total. The van der Waals surface area contributed by atoms with Crippen molar-refractivity contribution in [3.8, 4) is 0 Å². The molecule has 1 atom stereocenters. The minimum Gasteiger partial charge on any atom is -0.345 e. The van der Waals surface area contributed by atoms with Crippen LogP contribution in [0.15, 0.2) is 53.3 Å². The summed E-state index contributed by atoms with van der Waals surface area (Å²) < 4.78 is 0.655. The summed E-state index contributed by atoms with van der Waals surface area (Å²) >= 11 is 3.29. The van der Waals surface area contributed by atoms with E-state index < -0.39 is 0 Å². The van der Waals surface area contributed by atoms with Crippen LogP contribution >= 0.6 is 15.9 Å². The molecule has 0 spiro atoms. The first-order valence-electron chi connectivity index (χ1n) is 6.85. The molecule has 1 heterocycles. The average molecular weight is 347 g/mol. The highest BCUT2D eigenvalue weighted by Gasteiger charge is 2.28. The molecule has 2 rings (SSSR count). The normalized spacial score (nSPS) is 12.8. The molecule has 21 heavy (non-hydrogen) atoms. The van der Waals surface area contributed by atoms with Crippen molar-refractivity contribution in [3.05, 3.63) is 64.4 Å². The lowest BCUT2D eigenvalue weighted by atomic mass is 9.82. The maximum Gasteiger partial charge on any atom is 0.251 e. The van der Waals surface area contributed by atoms with Gasteiger partial charge in [0.25, 0.3) is 5.91 Å². The first kappa shape index (κ1) is 15.7. The smallest absolute Gasteiger partial charge is 0.251 e. The fourth-order valence-corrected chi connectivity index (χ4v) is 2.57. The van der Waals surface area contributed by atoms with Gasteiger partial charge in [0.1, 0.15) is 4.60 Å². The summed E-state index contributed by atoms with van der Waals surface area (Å²) in [6.07, 6.45) is 1.62. The van der Waals surface area contributed by atoms with Crippen molar-refractivity contribution in [2.24, 2.45) is 5.41 Å². The van der Waals surface area contributed by atoms with Crippen molar-refractivity contribution < 1.29 is 4.79 Å². The molecule has 3 nitrogen and oxygen atoms in total. The Kier molecular flexibility index (Phi) is 4.78. The van der Waals surface area contributed by atoms with Crippen LogP contribution in [-0.2, 0) is 0 Å². The van der Waals surface area contributed by atoms with Gasteiger partial charge in [-0.15, -0.1) is 0 Å². The number of aromatic nitrogens is 1. The lowest BCUT2D eigenvalue weighted by Crippen LogP contribution is -2.36. The Morgan fingerprint density at radius 2 is 1.86 bits per heavy atom. The maximum absolute atomic E-state index is 12.5. The summed E-state index contributed by atoms with van der Waals surface area (Å²) in [6, 6.07) is 13.4. The van der Waals surface area contributed by atoms with Crippen molar-refractivity contribution in [2.75, 3.05) is 0 Å². The number of carbonyl (C=O) groups is 1. The third-order valence-electron chi connectivity index (χ3n) is 3.26. The van der Waals surface area contributed by atoms with Crippen LogP contribution in [0.1, 0.15) is 42.7 Å². The molecular weight excluding hydrogens is 328 g/mol. The largest absolute Gasteiger partial charge is 0.345 e. The lowest BCUT2D eigenvalue weighted by molar-refractivity contribution is 0.0901. The molecule has 0 aliphatic carbocycles. The fourth-order valence-electron chi connectivity index (χ4n) is 2.20. The molecular formula is C17H19BrN2O. The van der Waals surface area contributed by atoms with Crippen LogP contribution in [0.3, 0.4) is 0 Å². The highest BCUT2D eigenvalue weighted by molar-refractivity contribution is 9.10. The number of halogens is 1. The quantitative estimate of drug-likeness (QED) is 0.838. The summed E-state index contributed by atoms with van der Waals surface area (Å²) in [5.41, 5.74) is 1.62. The number of hydrogen-bond donors (Lipinski definition) is 1. The van der Waals surface area contributed by atoms with Crippen LogP contribution < -0.4 is 5.32 Å². The molecule has 0 bridgehead atoms. The highest BCUT2D eigenvalue weighted by atomic mass is 79.9. The Bertz CT molecular complexity index is 620. The fraction of sp³-hybridized carbons (Fsp3) is 0.294. The van der Waals surface area contributed by atoms with Gasteiger partial charge < -0.3 is 5.32 Å². The van der Waals surface area contributed by atoms with Gasteiger partial charge in [0.05, 0.1) is 6.04 Å². The van der Waals surface area contributed by atoms with E-state index in [2.05, 4.69) is 47.0 Å². The zero-order valence-corrected chi connectivity index (χ0v) is 14.0. The molecule has 0 fully saturated rings. The second-order valence-electron chi connectivity index (χ2n) is 6.05. The zero-order valence-electron chi connectivity index (χ0n) is 12.4. The van der Waals surface area contributed by atoms with Gasteiger partial charge in [-0.2, -0.15) is 0 Å². The number of hydrogen-bond acceptors (Lipinski definition) is 2. The Hall–Kier alpha value is -1.68. The second-order valence-corrected chi connectivity index (χ2v) is 6.86. The van der Waals surface area contributed by atoms with E-state index in [1.54, 1.807) is 18.3 Å². The van der Waals surface area contributed by atoms with Gasteiger partial charge in [-0.3, -0.25) is 4.79 Å². The SMILES string of the molecule is CC(C)(C)C(NC(=O)c1ccnc(Br)c1)c1ccccc1. The standard InChI is InChI=1S/C17H19BrN2O/c1-17(2,3)15(12-7-5-4-6-8-12)20-16(21)13-9-10-19-14(18)11-13/h4-11,15H,1-3H3,(H,20,21). The van der Waals surface area contributed by atoms with Gasteiger partial charge in [0.15, 0.2) is 0 Å². The Labute approximate surface area is 133 Å². The van der Waals surface area contributed by atoms with Gasteiger partial charge in [0, 0.05) is 11.8 Å². The highest BCUT2D eigenvalue weighted by Crippen LogP contribution is 2.32. The number of amides is 1. The van der Waals surface area contributed by atoms with Crippen molar-refractivity contribution in [1.82, 2.24) is 10.3 Å². The number of nitrogens with one attached hydrogen (secondary N) is 1. The summed E-state index contributed by atoms with van der Waals surface area (Å²) in [7, 11) is 0. The minimum atomic E-state index is -0.0955. The van der Waals surface area contributed by atoms with Crippen LogP contribution in [0.2, 0.25) is 0 Å². The van der Waals surface area contributed by atoms with Crippen molar-refractivity contribution >= 4 is 21.8 Å².